The summed E-state index contributed by atoms with van der Waals surface area (Å²) in [7, 11) is 0. The second kappa shape index (κ2) is 12.6. The predicted molar refractivity (Wildman–Crippen MR) is 61.2 cm³/mol. The van der Waals surface area contributed by atoms with Crippen LogP contribution in [0.3, 0.4) is 0 Å². The maximum atomic E-state index is 10.1. The van der Waals surface area contributed by atoms with Crippen LogP contribution in [0.15, 0.2) is 0 Å². The second-order valence-electron chi connectivity index (χ2n) is 3.12. The fourth-order valence-electron chi connectivity index (χ4n) is 0.668. The Balaban J connectivity index is -0.000000352. The van der Waals surface area contributed by atoms with Crippen LogP contribution >= 0.6 is 0 Å². The van der Waals surface area contributed by atoms with Gasteiger partial charge in [0.1, 0.15) is 18.3 Å². The van der Waals surface area contributed by atoms with Gasteiger partial charge in [0.15, 0.2) is 6.10 Å². The van der Waals surface area contributed by atoms with Gasteiger partial charge >= 0.3 is 69.3 Å². The minimum absolute atomic E-state index is 0. The number of rotatable bonds is 5. The predicted octanol–water partition coefficient (Wildman–Crippen LogP) is -4.99. The molecular weight excluding hydrogens is 311 g/mol. The molecule has 0 aliphatic heterocycles. The van der Waals surface area contributed by atoms with Gasteiger partial charge in [-0.3, -0.25) is 0 Å². The van der Waals surface area contributed by atoms with Crippen LogP contribution in [0, 0.1) is 0 Å². The van der Waals surface area contributed by atoms with Crippen LogP contribution in [-0.4, -0.2) is 141 Å². The third kappa shape index (κ3) is 10.6. The molecule has 0 bridgehead atoms. The van der Waals surface area contributed by atoms with Crippen molar-refractivity contribution in [3.63, 3.8) is 0 Å². The fraction of sp³-hybridized carbons (Fsp3) is 0.625. The molecule has 0 aromatic carbocycles. The number of hydrogen-bond donors (Lipinski definition) is 8. The standard InChI is InChI=1S/C6H12O7.C2H2O4.K.H/c7-1-2(8)3(9)4(10)5(11)6(12)13;3-1(4)2(5)6;;/h2-5,7-11H,1H2,(H,12,13);(H,3,4)(H,5,6);;/t2-,3-,4+,5-;;;/m1.../s1. The third-order valence-corrected chi connectivity index (χ3v) is 1.69. The van der Waals surface area contributed by atoms with Crippen LogP contribution in [0.1, 0.15) is 0 Å². The van der Waals surface area contributed by atoms with Gasteiger partial charge in [-0.05, 0) is 0 Å². The molecule has 12 heteroatoms. The quantitative estimate of drug-likeness (QED) is 0.177. The van der Waals surface area contributed by atoms with E-state index in [2.05, 4.69) is 0 Å². The Kier molecular flexibility index (Phi) is 15.6. The Hall–Kier alpha value is -0.154. The summed E-state index contributed by atoms with van der Waals surface area (Å²) in [6.07, 6.45) is -7.84. The number of carboxylic acids is 3. The molecule has 0 aliphatic carbocycles. The third-order valence-electron chi connectivity index (χ3n) is 1.69. The summed E-state index contributed by atoms with van der Waals surface area (Å²) < 4.78 is 0. The molecule has 0 rings (SSSR count). The summed E-state index contributed by atoms with van der Waals surface area (Å²) >= 11 is 0. The molecule has 0 radical (unpaired) electrons. The Bertz CT molecular complexity index is 308. The second-order valence-corrected chi connectivity index (χ2v) is 3.12. The van der Waals surface area contributed by atoms with Gasteiger partial charge in [0.2, 0.25) is 0 Å². The molecule has 0 aromatic heterocycles. The van der Waals surface area contributed by atoms with Crippen molar-refractivity contribution in [2.75, 3.05) is 6.61 Å². The van der Waals surface area contributed by atoms with Crippen molar-refractivity contribution in [1.29, 1.82) is 0 Å². The first-order valence-corrected chi connectivity index (χ1v) is 4.58. The molecule has 0 aliphatic rings. The topological polar surface area (TPSA) is 213 Å². The molecule has 0 heterocycles. The molecule has 8 N–H and O–H groups in total. The Labute approximate surface area is 154 Å². The molecule has 0 saturated carbocycles. The normalized spacial score (nSPS) is 15.4. The summed E-state index contributed by atoms with van der Waals surface area (Å²) in [4.78, 5) is 28.3. The van der Waals surface area contributed by atoms with Crippen molar-refractivity contribution in [1.82, 2.24) is 0 Å². The van der Waals surface area contributed by atoms with Crippen molar-refractivity contribution in [3.05, 3.63) is 0 Å². The van der Waals surface area contributed by atoms with Crippen molar-refractivity contribution in [2.45, 2.75) is 24.4 Å². The van der Waals surface area contributed by atoms with Crippen LogP contribution in [0.2, 0.25) is 0 Å². The van der Waals surface area contributed by atoms with Crippen molar-refractivity contribution in [2.24, 2.45) is 0 Å². The number of aliphatic hydroxyl groups excluding tert-OH is 5. The van der Waals surface area contributed by atoms with Gasteiger partial charge in [-0.25, -0.2) is 14.4 Å². The first-order chi connectivity index (χ1) is 8.56. The number of aliphatic carboxylic acids is 3. The summed E-state index contributed by atoms with van der Waals surface area (Å²) in [5.74, 6) is -5.37. The Morgan fingerprint density at radius 2 is 1.15 bits per heavy atom. The number of carbonyl (C=O) groups is 3. The Morgan fingerprint density at radius 1 is 0.800 bits per heavy atom. The molecule has 0 saturated heterocycles. The molecular formula is C8H15KO11. The van der Waals surface area contributed by atoms with E-state index in [0.29, 0.717) is 0 Å². The summed E-state index contributed by atoms with van der Waals surface area (Å²) in [6, 6.07) is 0. The molecule has 4 atom stereocenters. The van der Waals surface area contributed by atoms with Gasteiger partial charge in [0.25, 0.3) is 0 Å². The average molecular weight is 326 g/mol. The molecule has 0 amide bonds. The monoisotopic (exact) mass is 326 g/mol. The SMILES string of the molecule is O=C(O)C(=O)O.O=C(O)[C@H](O)[C@@H](O)[C@H](O)[C@H](O)CO.[KH]. The van der Waals surface area contributed by atoms with Crippen LogP contribution < -0.4 is 0 Å². The number of aliphatic hydroxyl groups is 5. The van der Waals surface area contributed by atoms with Gasteiger partial charge in [0, 0.05) is 0 Å². The van der Waals surface area contributed by atoms with E-state index in [1.165, 1.54) is 0 Å². The Morgan fingerprint density at radius 3 is 1.35 bits per heavy atom. The van der Waals surface area contributed by atoms with Gasteiger partial charge < -0.3 is 40.9 Å². The fourth-order valence-corrected chi connectivity index (χ4v) is 0.668. The van der Waals surface area contributed by atoms with E-state index < -0.39 is 48.9 Å². The van der Waals surface area contributed by atoms with Crippen LogP contribution in [-0.2, 0) is 14.4 Å². The first kappa shape index (κ1) is 24.8. The van der Waals surface area contributed by atoms with E-state index in [1.807, 2.05) is 0 Å². The van der Waals surface area contributed by atoms with E-state index in [0.717, 1.165) is 0 Å². The average Bonchev–Trinajstić information content (AvgIpc) is 2.35. The number of carboxylic acid groups (broad SMARTS) is 3. The van der Waals surface area contributed by atoms with Gasteiger partial charge in [-0.1, -0.05) is 0 Å². The zero-order chi connectivity index (χ0) is 15.7. The van der Waals surface area contributed by atoms with Crippen LogP contribution in [0.5, 0.6) is 0 Å². The van der Waals surface area contributed by atoms with Gasteiger partial charge in [0.05, 0.1) is 6.61 Å². The minimum atomic E-state index is -2.20. The van der Waals surface area contributed by atoms with Gasteiger partial charge in [-0.15, -0.1) is 0 Å². The molecule has 0 fully saturated rings. The maximum absolute atomic E-state index is 10.1. The molecule has 11 nitrogen and oxygen atoms in total. The van der Waals surface area contributed by atoms with E-state index >= 15 is 0 Å². The molecule has 0 unspecified atom stereocenters. The molecule has 0 spiro atoms. The van der Waals surface area contributed by atoms with Crippen LogP contribution in [0.4, 0.5) is 0 Å². The molecule has 20 heavy (non-hydrogen) atoms. The van der Waals surface area contributed by atoms with E-state index in [9.17, 15) is 4.79 Å². The van der Waals surface area contributed by atoms with Crippen molar-refractivity contribution in [3.8, 4) is 0 Å². The van der Waals surface area contributed by atoms with Crippen molar-refractivity contribution >= 4 is 69.3 Å². The zero-order valence-electron chi connectivity index (χ0n) is 9.32. The molecule has 114 valence electrons. The molecule has 0 aromatic rings. The number of hydrogen-bond acceptors (Lipinski definition) is 8. The first-order valence-electron chi connectivity index (χ1n) is 4.58. The van der Waals surface area contributed by atoms with Crippen molar-refractivity contribution < 1.29 is 55.2 Å². The van der Waals surface area contributed by atoms with Crippen LogP contribution in [0.25, 0.3) is 0 Å². The summed E-state index contributed by atoms with van der Waals surface area (Å²) in [6.45, 7) is -0.843. The van der Waals surface area contributed by atoms with E-state index in [4.69, 9.17) is 50.4 Å². The summed E-state index contributed by atoms with van der Waals surface area (Å²) in [5, 5.41) is 66.6. The summed E-state index contributed by atoms with van der Waals surface area (Å²) in [5.41, 5.74) is 0. The zero-order valence-corrected chi connectivity index (χ0v) is 9.32. The van der Waals surface area contributed by atoms with Gasteiger partial charge in [-0.2, -0.15) is 0 Å². The van der Waals surface area contributed by atoms with E-state index in [-0.39, 0.29) is 51.4 Å². The van der Waals surface area contributed by atoms with E-state index in [1.54, 1.807) is 0 Å².